The first-order chi connectivity index (χ1) is 7.81. The average Bonchev–Trinajstić information content (AvgIpc) is 2.70. The normalized spacial score (nSPS) is 13.1. The average molecular weight is 217 g/mol. The van der Waals surface area contributed by atoms with Gasteiger partial charge in [-0.05, 0) is 25.0 Å². The second-order valence-corrected chi connectivity index (χ2v) is 4.21. The zero-order valence-corrected chi connectivity index (χ0v) is 9.66. The number of nitrogens with two attached hydrogens (primary N) is 1. The predicted molar refractivity (Wildman–Crippen MR) is 68.5 cm³/mol. The summed E-state index contributed by atoms with van der Waals surface area (Å²) in [6, 6.07) is 8.87. The Hall–Kier alpha value is -1.32. The van der Waals surface area contributed by atoms with Crippen molar-refractivity contribution in [2.24, 2.45) is 5.73 Å². The number of nitrogens with one attached hydrogen (secondary N) is 2. The maximum atomic E-state index is 5.47. The first kappa shape index (κ1) is 11.2. The minimum Gasteiger partial charge on any atom is -0.361 e. The lowest BCUT2D eigenvalue weighted by Crippen LogP contribution is -2.32. The Bertz CT molecular complexity index is 447. The lowest BCUT2D eigenvalue weighted by molar-refractivity contribution is 0.554. The standard InChI is InChI=1S/C13H19N3/c1-10(15-7-6-14)8-11-9-16-13-5-3-2-4-12(11)13/h2-5,9-10,15-16H,6-8,14H2,1H3. The zero-order valence-electron chi connectivity index (χ0n) is 9.66. The molecule has 0 aliphatic heterocycles. The molecule has 16 heavy (non-hydrogen) atoms. The molecule has 3 heteroatoms. The molecular formula is C13H19N3. The lowest BCUT2D eigenvalue weighted by atomic mass is 10.1. The van der Waals surface area contributed by atoms with Gasteiger partial charge in [-0.2, -0.15) is 0 Å². The SMILES string of the molecule is CC(Cc1c[nH]c2ccccc12)NCCN. The molecule has 0 saturated carbocycles. The molecule has 0 radical (unpaired) electrons. The monoisotopic (exact) mass is 217 g/mol. The van der Waals surface area contributed by atoms with Crippen LogP contribution in [0.4, 0.5) is 0 Å². The van der Waals surface area contributed by atoms with E-state index < -0.39 is 0 Å². The quantitative estimate of drug-likeness (QED) is 0.713. The third-order valence-corrected chi connectivity index (χ3v) is 2.84. The molecule has 1 heterocycles. The molecule has 0 amide bonds. The number of aromatic nitrogens is 1. The summed E-state index contributed by atoms with van der Waals surface area (Å²) in [7, 11) is 0. The Morgan fingerprint density at radius 3 is 3.00 bits per heavy atom. The first-order valence-electron chi connectivity index (χ1n) is 5.79. The van der Waals surface area contributed by atoms with Crippen LogP contribution in [0.1, 0.15) is 12.5 Å². The molecule has 1 aromatic heterocycles. The Labute approximate surface area is 96.0 Å². The molecule has 4 N–H and O–H groups in total. The number of aromatic amines is 1. The molecule has 86 valence electrons. The fraction of sp³-hybridized carbons (Fsp3) is 0.385. The van der Waals surface area contributed by atoms with Crippen LogP contribution in [0, 0.1) is 0 Å². The highest BCUT2D eigenvalue weighted by molar-refractivity contribution is 5.83. The fourth-order valence-electron chi connectivity index (χ4n) is 2.03. The van der Waals surface area contributed by atoms with E-state index >= 15 is 0 Å². The van der Waals surface area contributed by atoms with Crippen LogP contribution in [0.2, 0.25) is 0 Å². The summed E-state index contributed by atoms with van der Waals surface area (Å²) in [5.74, 6) is 0. The van der Waals surface area contributed by atoms with Crippen LogP contribution in [0.25, 0.3) is 10.9 Å². The van der Waals surface area contributed by atoms with E-state index in [1.165, 1.54) is 16.5 Å². The van der Waals surface area contributed by atoms with Crippen LogP contribution < -0.4 is 11.1 Å². The number of rotatable bonds is 5. The number of hydrogen-bond acceptors (Lipinski definition) is 2. The largest absolute Gasteiger partial charge is 0.361 e. The van der Waals surface area contributed by atoms with Crippen LogP contribution in [0.5, 0.6) is 0 Å². The van der Waals surface area contributed by atoms with Gasteiger partial charge >= 0.3 is 0 Å². The summed E-state index contributed by atoms with van der Waals surface area (Å²) in [5.41, 5.74) is 8.05. The van der Waals surface area contributed by atoms with Crippen molar-refractivity contribution in [2.45, 2.75) is 19.4 Å². The molecule has 0 aliphatic carbocycles. The van der Waals surface area contributed by atoms with Crippen molar-refractivity contribution in [1.29, 1.82) is 0 Å². The minimum absolute atomic E-state index is 0.461. The molecule has 1 atom stereocenters. The van der Waals surface area contributed by atoms with Gasteiger partial charge in [0.1, 0.15) is 0 Å². The van der Waals surface area contributed by atoms with Gasteiger partial charge in [0.25, 0.3) is 0 Å². The summed E-state index contributed by atoms with van der Waals surface area (Å²) in [5, 5.41) is 4.72. The Balaban J connectivity index is 2.09. The molecule has 2 aromatic rings. The molecule has 3 nitrogen and oxygen atoms in total. The second kappa shape index (κ2) is 5.14. The summed E-state index contributed by atoms with van der Waals surface area (Å²) < 4.78 is 0. The van der Waals surface area contributed by atoms with E-state index in [4.69, 9.17) is 5.73 Å². The summed E-state index contributed by atoms with van der Waals surface area (Å²) in [6.45, 7) is 3.76. The van der Waals surface area contributed by atoms with Crippen LogP contribution in [-0.4, -0.2) is 24.1 Å². The molecule has 0 aliphatic rings. The third kappa shape index (κ3) is 2.43. The minimum atomic E-state index is 0.461. The number of fused-ring (bicyclic) bond motifs is 1. The summed E-state index contributed by atoms with van der Waals surface area (Å²) in [6.07, 6.45) is 3.13. The molecule has 0 spiro atoms. The smallest absolute Gasteiger partial charge is 0.0456 e. The van der Waals surface area contributed by atoms with E-state index in [0.717, 1.165) is 13.0 Å². The van der Waals surface area contributed by atoms with Gasteiger partial charge in [-0.1, -0.05) is 18.2 Å². The van der Waals surface area contributed by atoms with Crippen LogP contribution in [0.3, 0.4) is 0 Å². The molecule has 0 bridgehead atoms. The maximum Gasteiger partial charge on any atom is 0.0456 e. The fourth-order valence-corrected chi connectivity index (χ4v) is 2.03. The van der Waals surface area contributed by atoms with E-state index in [-0.39, 0.29) is 0 Å². The van der Waals surface area contributed by atoms with Crippen molar-refractivity contribution < 1.29 is 0 Å². The third-order valence-electron chi connectivity index (χ3n) is 2.84. The van der Waals surface area contributed by atoms with Crippen LogP contribution in [0.15, 0.2) is 30.5 Å². The second-order valence-electron chi connectivity index (χ2n) is 4.21. The Morgan fingerprint density at radius 2 is 2.19 bits per heavy atom. The summed E-state index contributed by atoms with van der Waals surface area (Å²) in [4.78, 5) is 3.30. The number of H-pyrrole nitrogens is 1. The van der Waals surface area contributed by atoms with Gasteiger partial charge in [0.2, 0.25) is 0 Å². The Morgan fingerprint density at radius 1 is 1.38 bits per heavy atom. The number of benzene rings is 1. The number of para-hydroxylation sites is 1. The molecule has 1 aromatic carbocycles. The van der Waals surface area contributed by atoms with Crippen LogP contribution in [-0.2, 0) is 6.42 Å². The molecule has 0 saturated heterocycles. The number of hydrogen-bond donors (Lipinski definition) is 3. The van der Waals surface area contributed by atoms with Gasteiger partial charge < -0.3 is 16.0 Å². The van der Waals surface area contributed by atoms with E-state index in [0.29, 0.717) is 12.6 Å². The highest BCUT2D eigenvalue weighted by Gasteiger charge is 2.06. The zero-order chi connectivity index (χ0) is 11.4. The van der Waals surface area contributed by atoms with Crippen LogP contribution >= 0.6 is 0 Å². The predicted octanol–water partition coefficient (Wildman–Crippen LogP) is 1.65. The van der Waals surface area contributed by atoms with Crippen molar-refractivity contribution >= 4 is 10.9 Å². The maximum absolute atomic E-state index is 5.47. The van der Waals surface area contributed by atoms with Gasteiger partial charge in [0.15, 0.2) is 0 Å². The van der Waals surface area contributed by atoms with E-state index in [9.17, 15) is 0 Å². The first-order valence-corrected chi connectivity index (χ1v) is 5.79. The highest BCUT2D eigenvalue weighted by Crippen LogP contribution is 2.18. The van der Waals surface area contributed by atoms with Crippen molar-refractivity contribution in [3.05, 3.63) is 36.0 Å². The molecule has 1 unspecified atom stereocenters. The van der Waals surface area contributed by atoms with Gasteiger partial charge in [-0.15, -0.1) is 0 Å². The van der Waals surface area contributed by atoms with E-state index in [1.807, 2.05) is 0 Å². The van der Waals surface area contributed by atoms with Gasteiger partial charge in [-0.3, -0.25) is 0 Å². The van der Waals surface area contributed by atoms with Crippen molar-refractivity contribution in [2.75, 3.05) is 13.1 Å². The summed E-state index contributed by atoms with van der Waals surface area (Å²) >= 11 is 0. The van der Waals surface area contributed by atoms with Gasteiger partial charge in [-0.25, -0.2) is 0 Å². The molecule has 0 fully saturated rings. The van der Waals surface area contributed by atoms with Crippen molar-refractivity contribution in [1.82, 2.24) is 10.3 Å². The molecule has 2 rings (SSSR count). The van der Waals surface area contributed by atoms with Crippen molar-refractivity contribution in [3.63, 3.8) is 0 Å². The van der Waals surface area contributed by atoms with E-state index in [1.54, 1.807) is 0 Å². The lowest BCUT2D eigenvalue weighted by Gasteiger charge is -2.12. The van der Waals surface area contributed by atoms with E-state index in [2.05, 4.69) is 47.7 Å². The Kier molecular flexibility index (Phi) is 3.59. The van der Waals surface area contributed by atoms with Crippen molar-refractivity contribution in [3.8, 4) is 0 Å². The molecular weight excluding hydrogens is 198 g/mol. The van der Waals surface area contributed by atoms with Gasteiger partial charge in [0, 0.05) is 36.2 Å². The topological polar surface area (TPSA) is 53.8 Å². The van der Waals surface area contributed by atoms with Gasteiger partial charge in [0.05, 0.1) is 0 Å². The highest BCUT2D eigenvalue weighted by atomic mass is 14.9.